The number of hydrogen-bond donors (Lipinski definition) is 0. The van der Waals surface area contributed by atoms with E-state index in [2.05, 4.69) is 4.98 Å². The molecule has 4 nitrogen and oxygen atoms in total. The number of halogens is 2. The zero-order valence-electron chi connectivity index (χ0n) is 10.2. The smallest absolute Gasteiger partial charge is 0.261 e. The third-order valence-electron chi connectivity index (χ3n) is 2.37. The molecule has 0 radical (unpaired) electrons. The summed E-state index contributed by atoms with van der Waals surface area (Å²) in [5.74, 6) is 0.469. The predicted molar refractivity (Wildman–Crippen MR) is 75.6 cm³/mol. The fourth-order valence-corrected chi connectivity index (χ4v) is 2.91. The lowest BCUT2D eigenvalue weighted by molar-refractivity contribution is 0.245. The Morgan fingerprint density at radius 3 is 2.47 bits per heavy atom. The summed E-state index contributed by atoms with van der Waals surface area (Å²) in [7, 11) is 1.55. The van der Waals surface area contributed by atoms with Crippen molar-refractivity contribution in [3.8, 4) is 5.75 Å². The number of pyridine rings is 1. The standard InChI is InChI=1S/C12H11Cl2NO3S/c1-7(2)18-9-4-5-10(19(14,16)17)8-3-6-11(13)15-12(8)9/h3-7H,1-2H3. The van der Waals surface area contributed by atoms with Gasteiger partial charge in [0.25, 0.3) is 9.05 Å². The highest BCUT2D eigenvalue weighted by atomic mass is 35.7. The average molecular weight is 320 g/mol. The monoisotopic (exact) mass is 319 g/mol. The topological polar surface area (TPSA) is 56.3 Å². The second-order valence-corrected chi connectivity index (χ2v) is 7.12. The van der Waals surface area contributed by atoms with Gasteiger partial charge in [-0.1, -0.05) is 11.6 Å². The van der Waals surface area contributed by atoms with E-state index in [9.17, 15) is 8.42 Å². The number of benzene rings is 1. The molecule has 0 amide bonds. The largest absolute Gasteiger partial charge is 0.489 e. The molecule has 1 aromatic heterocycles. The molecule has 1 heterocycles. The minimum absolute atomic E-state index is 0.00978. The van der Waals surface area contributed by atoms with Gasteiger partial charge < -0.3 is 4.74 Å². The van der Waals surface area contributed by atoms with Crippen molar-refractivity contribution in [2.24, 2.45) is 0 Å². The van der Waals surface area contributed by atoms with Gasteiger partial charge in [-0.25, -0.2) is 13.4 Å². The maximum Gasteiger partial charge on any atom is 0.261 e. The van der Waals surface area contributed by atoms with Crippen LogP contribution in [0.2, 0.25) is 5.15 Å². The van der Waals surface area contributed by atoms with Gasteiger partial charge in [0.05, 0.1) is 11.0 Å². The van der Waals surface area contributed by atoms with Gasteiger partial charge in [0.1, 0.15) is 16.4 Å². The van der Waals surface area contributed by atoms with Crippen molar-refractivity contribution in [2.75, 3.05) is 0 Å². The first-order chi connectivity index (χ1) is 8.79. The van der Waals surface area contributed by atoms with Crippen LogP contribution in [0.1, 0.15) is 13.8 Å². The molecule has 7 heteroatoms. The van der Waals surface area contributed by atoms with Gasteiger partial charge in [0, 0.05) is 16.1 Å². The zero-order chi connectivity index (χ0) is 14.2. The third-order valence-corrected chi connectivity index (χ3v) is 3.96. The number of nitrogens with zero attached hydrogens (tertiary/aromatic N) is 1. The molecule has 0 unspecified atom stereocenters. The van der Waals surface area contributed by atoms with Crippen LogP contribution in [-0.2, 0) is 9.05 Å². The highest BCUT2D eigenvalue weighted by Gasteiger charge is 2.18. The minimum atomic E-state index is -3.85. The van der Waals surface area contributed by atoms with E-state index in [0.29, 0.717) is 16.7 Å². The Hall–Kier alpha value is -1.04. The van der Waals surface area contributed by atoms with Crippen LogP contribution in [0.4, 0.5) is 0 Å². The van der Waals surface area contributed by atoms with Crippen molar-refractivity contribution in [1.82, 2.24) is 4.98 Å². The molecule has 0 aliphatic carbocycles. The Morgan fingerprint density at radius 1 is 1.21 bits per heavy atom. The van der Waals surface area contributed by atoms with Crippen molar-refractivity contribution in [3.63, 3.8) is 0 Å². The molecule has 0 aliphatic heterocycles. The first-order valence-corrected chi connectivity index (χ1v) is 8.18. The summed E-state index contributed by atoms with van der Waals surface area (Å²) >= 11 is 5.84. The van der Waals surface area contributed by atoms with E-state index < -0.39 is 9.05 Å². The number of aromatic nitrogens is 1. The van der Waals surface area contributed by atoms with Gasteiger partial charge in [0.2, 0.25) is 0 Å². The Kier molecular flexibility index (Phi) is 3.90. The molecule has 0 saturated heterocycles. The second-order valence-electron chi connectivity index (χ2n) is 4.20. The Morgan fingerprint density at radius 2 is 1.89 bits per heavy atom. The van der Waals surface area contributed by atoms with Gasteiger partial charge >= 0.3 is 0 Å². The molecule has 2 aromatic rings. The summed E-state index contributed by atoms with van der Waals surface area (Å²) in [5.41, 5.74) is 0.378. The third kappa shape index (κ3) is 3.11. The van der Waals surface area contributed by atoms with Crippen LogP contribution in [0, 0.1) is 0 Å². The Balaban J connectivity index is 2.79. The molecule has 0 fully saturated rings. The van der Waals surface area contributed by atoms with Gasteiger partial charge in [-0.05, 0) is 38.1 Å². The van der Waals surface area contributed by atoms with Crippen molar-refractivity contribution in [1.29, 1.82) is 0 Å². The number of rotatable bonds is 3. The molecule has 0 aliphatic rings. The van der Waals surface area contributed by atoms with E-state index in [1.165, 1.54) is 18.2 Å². The molecule has 1 aromatic carbocycles. The number of fused-ring (bicyclic) bond motifs is 1. The van der Waals surface area contributed by atoms with Crippen LogP contribution in [0.5, 0.6) is 5.75 Å². The SMILES string of the molecule is CC(C)Oc1ccc(S(=O)(=O)Cl)c2ccc(Cl)nc12. The molecular weight excluding hydrogens is 309 g/mol. The lowest BCUT2D eigenvalue weighted by Gasteiger charge is -2.13. The fourth-order valence-electron chi connectivity index (χ4n) is 1.70. The fraction of sp³-hybridized carbons (Fsp3) is 0.250. The molecule has 0 spiro atoms. The molecule has 0 N–H and O–H groups in total. The Labute approximate surface area is 120 Å². The quantitative estimate of drug-likeness (QED) is 0.640. The highest BCUT2D eigenvalue weighted by Crippen LogP contribution is 2.32. The number of hydrogen-bond acceptors (Lipinski definition) is 4. The van der Waals surface area contributed by atoms with Gasteiger partial charge in [0.15, 0.2) is 0 Å². The number of ether oxygens (including phenoxy) is 1. The van der Waals surface area contributed by atoms with Crippen LogP contribution < -0.4 is 4.74 Å². The van der Waals surface area contributed by atoms with Crippen LogP contribution >= 0.6 is 22.3 Å². The zero-order valence-corrected chi connectivity index (χ0v) is 12.6. The summed E-state index contributed by atoms with van der Waals surface area (Å²) in [5, 5.41) is 0.641. The van der Waals surface area contributed by atoms with Crippen molar-refractivity contribution in [2.45, 2.75) is 24.8 Å². The van der Waals surface area contributed by atoms with Crippen LogP contribution in [0.3, 0.4) is 0 Å². The summed E-state index contributed by atoms with van der Waals surface area (Å²) in [6.45, 7) is 3.73. The predicted octanol–water partition coefficient (Wildman–Crippen LogP) is 3.60. The van der Waals surface area contributed by atoms with Crippen molar-refractivity contribution >= 4 is 42.2 Å². The van der Waals surface area contributed by atoms with Gasteiger partial charge in [-0.3, -0.25) is 0 Å². The molecule has 19 heavy (non-hydrogen) atoms. The highest BCUT2D eigenvalue weighted by molar-refractivity contribution is 8.14. The van der Waals surface area contributed by atoms with Gasteiger partial charge in [-0.15, -0.1) is 0 Å². The average Bonchev–Trinajstić information content (AvgIpc) is 2.27. The first-order valence-electron chi connectivity index (χ1n) is 5.49. The molecule has 0 bridgehead atoms. The molecule has 2 rings (SSSR count). The lowest BCUT2D eigenvalue weighted by Crippen LogP contribution is -2.07. The van der Waals surface area contributed by atoms with Crippen molar-refractivity contribution in [3.05, 3.63) is 29.4 Å². The van der Waals surface area contributed by atoms with E-state index in [4.69, 9.17) is 27.0 Å². The van der Waals surface area contributed by atoms with E-state index in [1.807, 2.05) is 13.8 Å². The molecular formula is C12H11Cl2NO3S. The maximum absolute atomic E-state index is 11.5. The maximum atomic E-state index is 11.5. The first kappa shape index (κ1) is 14.4. The summed E-state index contributed by atoms with van der Waals surface area (Å²) in [6.07, 6.45) is -0.0672. The van der Waals surface area contributed by atoms with E-state index >= 15 is 0 Å². The molecule has 102 valence electrons. The summed E-state index contributed by atoms with van der Waals surface area (Å²) in [4.78, 5) is 4.11. The Bertz CT molecular complexity index is 729. The minimum Gasteiger partial charge on any atom is -0.489 e. The summed E-state index contributed by atoms with van der Waals surface area (Å²) < 4.78 is 28.6. The summed E-state index contributed by atoms with van der Waals surface area (Å²) in [6, 6.07) is 6.00. The molecule has 0 saturated carbocycles. The second kappa shape index (κ2) is 5.15. The van der Waals surface area contributed by atoms with E-state index in [-0.39, 0.29) is 16.2 Å². The van der Waals surface area contributed by atoms with Crippen LogP contribution in [-0.4, -0.2) is 19.5 Å². The van der Waals surface area contributed by atoms with E-state index in [1.54, 1.807) is 6.07 Å². The molecule has 0 atom stereocenters. The van der Waals surface area contributed by atoms with E-state index in [0.717, 1.165) is 0 Å². The lowest BCUT2D eigenvalue weighted by atomic mass is 10.2. The van der Waals surface area contributed by atoms with Crippen LogP contribution in [0.25, 0.3) is 10.9 Å². The van der Waals surface area contributed by atoms with Crippen molar-refractivity contribution < 1.29 is 13.2 Å². The van der Waals surface area contributed by atoms with Gasteiger partial charge in [-0.2, -0.15) is 0 Å². The normalized spacial score (nSPS) is 12.1. The van der Waals surface area contributed by atoms with Crippen LogP contribution in [0.15, 0.2) is 29.2 Å².